The number of aliphatic hydroxyl groups is 1. The van der Waals surface area contributed by atoms with Crippen LogP contribution in [0.5, 0.6) is 0 Å². The number of para-hydroxylation sites is 1. The Bertz CT molecular complexity index is 1370. The van der Waals surface area contributed by atoms with Crippen molar-refractivity contribution in [2.75, 3.05) is 31.5 Å². The molecule has 11 nitrogen and oxygen atoms in total. The second-order valence-corrected chi connectivity index (χ2v) is 9.56. The van der Waals surface area contributed by atoms with Crippen LogP contribution in [0.3, 0.4) is 0 Å². The van der Waals surface area contributed by atoms with Crippen LogP contribution in [0.4, 0.5) is 18.9 Å². The third-order valence-electron chi connectivity index (χ3n) is 6.49. The van der Waals surface area contributed by atoms with E-state index in [2.05, 4.69) is 15.6 Å². The maximum atomic E-state index is 13.3. The van der Waals surface area contributed by atoms with Crippen molar-refractivity contribution < 1.29 is 32.7 Å². The second-order valence-electron chi connectivity index (χ2n) is 9.56. The van der Waals surface area contributed by atoms with Gasteiger partial charge < -0.3 is 37.8 Å². The van der Waals surface area contributed by atoms with E-state index in [4.69, 9.17) is 17.2 Å². The molecule has 2 aromatic carbocycles. The van der Waals surface area contributed by atoms with Crippen molar-refractivity contribution in [2.24, 2.45) is 17.2 Å². The molecule has 0 aliphatic heterocycles. The van der Waals surface area contributed by atoms with Gasteiger partial charge in [-0.25, -0.2) is 0 Å². The zero-order valence-corrected chi connectivity index (χ0v) is 22.7. The van der Waals surface area contributed by atoms with Crippen molar-refractivity contribution in [3.05, 3.63) is 71.9 Å². The van der Waals surface area contributed by atoms with Gasteiger partial charge in [0.2, 0.25) is 17.7 Å². The lowest BCUT2D eigenvalue weighted by Crippen LogP contribution is -2.52. The predicted molar refractivity (Wildman–Crippen MR) is 151 cm³/mol. The molecule has 3 aromatic rings. The first kappa shape index (κ1) is 32.4. The summed E-state index contributed by atoms with van der Waals surface area (Å²) >= 11 is 0. The van der Waals surface area contributed by atoms with Gasteiger partial charge in [-0.1, -0.05) is 30.3 Å². The molecular weight excluding hydrogens is 555 g/mol. The molecule has 0 fully saturated rings. The quantitative estimate of drug-likeness (QED) is 0.172. The first-order valence-electron chi connectivity index (χ1n) is 13.2. The maximum Gasteiger partial charge on any atom is 0.416 e. The molecule has 0 radical (unpaired) electrons. The number of nitrogens with one attached hydrogen (secondary N) is 2. The summed E-state index contributed by atoms with van der Waals surface area (Å²) in [6, 6.07) is 9.40. The minimum Gasteiger partial charge on any atom is -0.386 e. The minimum absolute atomic E-state index is 0.0527. The van der Waals surface area contributed by atoms with Crippen molar-refractivity contribution in [1.29, 1.82) is 0 Å². The Morgan fingerprint density at radius 1 is 0.976 bits per heavy atom. The molecule has 0 spiro atoms. The summed E-state index contributed by atoms with van der Waals surface area (Å²) in [4.78, 5) is 44.5. The molecule has 226 valence electrons. The largest absolute Gasteiger partial charge is 0.416 e. The van der Waals surface area contributed by atoms with E-state index in [1.165, 1.54) is 11.1 Å². The van der Waals surface area contributed by atoms with E-state index >= 15 is 0 Å². The van der Waals surface area contributed by atoms with E-state index in [1.807, 2.05) is 0 Å². The Labute approximate surface area is 240 Å². The maximum absolute atomic E-state index is 13.3. The number of alkyl halides is 3. The molecule has 3 amide bonds. The highest BCUT2D eigenvalue weighted by molar-refractivity contribution is 5.99. The number of nitrogens with two attached hydrogens (primary N) is 3. The molecule has 3 rings (SSSR count). The van der Waals surface area contributed by atoms with E-state index in [0.717, 1.165) is 24.3 Å². The molecule has 14 heteroatoms. The fourth-order valence-corrected chi connectivity index (χ4v) is 4.21. The first-order valence-corrected chi connectivity index (χ1v) is 13.2. The Hall–Kier alpha value is -4.11. The van der Waals surface area contributed by atoms with E-state index in [-0.39, 0.29) is 56.2 Å². The Balaban J connectivity index is 1.79. The normalized spacial score (nSPS) is 13.7. The number of hydrogen-bond acceptors (Lipinski definition) is 8. The second kappa shape index (κ2) is 14.7. The number of aromatic nitrogens is 1. The summed E-state index contributed by atoms with van der Waals surface area (Å²) in [5.74, 6) is -2.03. The fourth-order valence-electron chi connectivity index (χ4n) is 4.21. The monoisotopic (exact) mass is 589 g/mol. The standard InChI is InChI=1S/C28H34F3N7O4/c29-28(30,31)19-7-5-17(6-8-19)25(40)24(27(42)36-20-15-18-3-1-2-4-22(18)35-16-20)37-26(41)21(34)9-10-23(39)38(13-11-32)14-12-33/h1-8,15-16,21,24-25,40H,9-14,32-34H2,(H,36,42)(H,37,41)/t21-,24-,25+/m0/s1. The number of benzene rings is 2. The van der Waals surface area contributed by atoms with Crippen LogP contribution in [0.1, 0.15) is 30.1 Å². The molecule has 0 unspecified atom stereocenters. The van der Waals surface area contributed by atoms with Crippen LogP contribution in [-0.2, 0) is 20.6 Å². The number of anilines is 1. The number of pyridine rings is 1. The molecule has 1 aromatic heterocycles. The molecule has 0 aliphatic carbocycles. The highest BCUT2D eigenvalue weighted by Crippen LogP contribution is 2.30. The van der Waals surface area contributed by atoms with Gasteiger partial charge in [-0.15, -0.1) is 0 Å². The van der Waals surface area contributed by atoms with Gasteiger partial charge >= 0.3 is 6.18 Å². The van der Waals surface area contributed by atoms with Gasteiger partial charge in [0.1, 0.15) is 12.1 Å². The van der Waals surface area contributed by atoms with Crippen molar-refractivity contribution >= 4 is 34.3 Å². The number of amides is 3. The molecule has 0 aliphatic rings. The number of halogens is 3. The van der Waals surface area contributed by atoms with Gasteiger partial charge in [-0.05, 0) is 36.2 Å². The first-order chi connectivity index (χ1) is 19.9. The summed E-state index contributed by atoms with van der Waals surface area (Å²) in [6.07, 6.45) is -5.16. The van der Waals surface area contributed by atoms with Crippen LogP contribution in [0.25, 0.3) is 10.9 Å². The predicted octanol–water partition coefficient (Wildman–Crippen LogP) is 1.26. The minimum atomic E-state index is -4.61. The van der Waals surface area contributed by atoms with Gasteiger partial charge in [0.15, 0.2) is 0 Å². The lowest BCUT2D eigenvalue weighted by molar-refractivity contribution is -0.137. The zero-order chi connectivity index (χ0) is 30.9. The van der Waals surface area contributed by atoms with E-state index in [9.17, 15) is 32.7 Å². The zero-order valence-electron chi connectivity index (χ0n) is 22.7. The topological polar surface area (TPSA) is 190 Å². The third kappa shape index (κ3) is 8.69. The molecule has 3 atom stereocenters. The van der Waals surface area contributed by atoms with Gasteiger partial charge in [-0.3, -0.25) is 19.4 Å². The molecule has 42 heavy (non-hydrogen) atoms. The lowest BCUT2D eigenvalue weighted by atomic mass is 9.99. The highest BCUT2D eigenvalue weighted by atomic mass is 19.4. The van der Waals surface area contributed by atoms with Gasteiger partial charge in [0.05, 0.1) is 29.0 Å². The van der Waals surface area contributed by atoms with E-state index in [1.54, 1.807) is 30.3 Å². The molecule has 0 saturated heterocycles. The average Bonchev–Trinajstić information content (AvgIpc) is 2.97. The van der Waals surface area contributed by atoms with Gasteiger partial charge in [0.25, 0.3) is 0 Å². The van der Waals surface area contributed by atoms with Crippen LogP contribution in [0, 0.1) is 0 Å². The van der Waals surface area contributed by atoms with E-state index in [0.29, 0.717) is 10.9 Å². The van der Waals surface area contributed by atoms with Crippen LogP contribution < -0.4 is 27.8 Å². The summed E-state index contributed by atoms with van der Waals surface area (Å²) in [5, 5.41) is 16.7. The fraction of sp³-hybridized carbons (Fsp3) is 0.357. The van der Waals surface area contributed by atoms with Crippen molar-refractivity contribution in [1.82, 2.24) is 15.2 Å². The van der Waals surface area contributed by atoms with Crippen molar-refractivity contribution in [3.63, 3.8) is 0 Å². The Morgan fingerprint density at radius 3 is 2.24 bits per heavy atom. The third-order valence-corrected chi connectivity index (χ3v) is 6.49. The van der Waals surface area contributed by atoms with Crippen LogP contribution in [0.2, 0.25) is 0 Å². The van der Waals surface area contributed by atoms with Gasteiger partial charge in [0, 0.05) is 38.0 Å². The SMILES string of the molecule is NCCN(CCN)C(=O)CC[C@H](N)C(=O)N[C@H](C(=O)Nc1cnc2ccccc2c1)[C@H](O)c1ccc(C(F)(F)F)cc1. The number of carbonyl (C=O) groups is 3. The number of hydrogen-bond donors (Lipinski definition) is 6. The van der Waals surface area contributed by atoms with Crippen LogP contribution >= 0.6 is 0 Å². The van der Waals surface area contributed by atoms with E-state index < -0.39 is 41.7 Å². The summed E-state index contributed by atoms with van der Waals surface area (Å²) in [6.45, 7) is 1.01. The van der Waals surface area contributed by atoms with Crippen molar-refractivity contribution in [2.45, 2.75) is 37.2 Å². The summed E-state index contributed by atoms with van der Waals surface area (Å²) in [7, 11) is 0. The lowest BCUT2D eigenvalue weighted by Gasteiger charge is -2.26. The number of fused-ring (bicyclic) bond motifs is 1. The van der Waals surface area contributed by atoms with Crippen LogP contribution in [0.15, 0.2) is 60.8 Å². The number of rotatable bonds is 13. The number of nitrogens with zero attached hydrogens (tertiary/aromatic N) is 2. The molecule has 0 saturated carbocycles. The number of carbonyl (C=O) groups excluding carboxylic acids is 3. The van der Waals surface area contributed by atoms with Gasteiger partial charge in [-0.2, -0.15) is 13.2 Å². The summed E-state index contributed by atoms with van der Waals surface area (Å²) < 4.78 is 39.1. The number of aliphatic hydroxyl groups excluding tert-OH is 1. The smallest absolute Gasteiger partial charge is 0.386 e. The molecule has 1 heterocycles. The van der Waals surface area contributed by atoms with Crippen LogP contribution in [-0.4, -0.2) is 71.0 Å². The average molecular weight is 590 g/mol. The molecule has 9 N–H and O–H groups in total. The summed E-state index contributed by atoms with van der Waals surface area (Å²) in [5.41, 5.74) is 17.0. The highest BCUT2D eigenvalue weighted by Gasteiger charge is 2.34. The molecule has 0 bridgehead atoms. The van der Waals surface area contributed by atoms with Crippen molar-refractivity contribution in [3.8, 4) is 0 Å². The molecular formula is C28H34F3N7O4. The Morgan fingerprint density at radius 2 is 1.62 bits per heavy atom. The Kier molecular flexibility index (Phi) is 11.3.